The highest BCUT2D eigenvalue weighted by molar-refractivity contribution is 5.94. The van der Waals surface area contributed by atoms with E-state index in [0.29, 0.717) is 12.1 Å². The zero-order valence-electron chi connectivity index (χ0n) is 14.7. The Kier molecular flexibility index (Phi) is 5.54. The first-order valence-electron chi connectivity index (χ1n) is 8.21. The van der Waals surface area contributed by atoms with Gasteiger partial charge in [-0.1, -0.05) is 26.8 Å². The van der Waals surface area contributed by atoms with Gasteiger partial charge in [-0.2, -0.15) is 0 Å². The third-order valence-corrected chi connectivity index (χ3v) is 3.81. The third-order valence-electron chi connectivity index (χ3n) is 3.81. The SMILES string of the molecule is CCn1ccc(C(=O)N[C@@H](CC(C)(C)C)c2cccnc2)cc1=O. The summed E-state index contributed by atoms with van der Waals surface area (Å²) in [6, 6.07) is 6.73. The number of hydrogen-bond donors (Lipinski definition) is 1. The molecule has 5 heteroatoms. The average Bonchev–Trinajstić information content (AvgIpc) is 2.53. The van der Waals surface area contributed by atoms with Crippen LogP contribution in [0.5, 0.6) is 0 Å². The molecule has 0 aliphatic rings. The fourth-order valence-electron chi connectivity index (χ4n) is 2.60. The molecule has 0 aliphatic carbocycles. The number of rotatable bonds is 5. The number of nitrogens with one attached hydrogen (secondary N) is 1. The molecule has 1 atom stereocenters. The maximum Gasteiger partial charge on any atom is 0.252 e. The van der Waals surface area contributed by atoms with E-state index in [2.05, 4.69) is 31.1 Å². The molecule has 0 saturated carbocycles. The van der Waals surface area contributed by atoms with Crippen molar-refractivity contribution in [1.29, 1.82) is 0 Å². The van der Waals surface area contributed by atoms with Crippen molar-refractivity contribution < 1.29 is 4.79 Å². The number of aromatic nitrogens is 2. The summed E-state index contributed by atoms with van der Waals surface area (Å²) in [5, 5.41) is 3.04. The maximum atomic E-state index is 12.6. The van der Waals surface area contributed by atoms with E-state index in [-0.39, 0.29) is 22.9 Å². The molecule has 5 nitrogen and oxygen atoms in total. The first-order valence-corrected chi connectivity index (χ1v) is 8.21. The van der Waals surface area contributed by atoms with Crippen LogP contribution in [0.25, 0.3) is 0 Å². The van der Waals surface area contributed by atoms with Crippen molar-refractivity contribution in [3.8, 4) is 0 Å². The molecule has 0 spiro atoms. The van der Waals surface area contributed by atoms with Gasteiger partial charge in [0.05, 0.1) is 6.04 Å². The third kappa shape index (κ3) is 4.78. The minimum absolute atomic E-state index is 0.0411. The Labute approximate surface area is 142 Å². The molecular formula is C19H25N3O2. The largest absolute Gasteiger partial charge is 0.345 e. The Bertz CT molecular complexity index is 745. The highest BCUT2D eigenvalue weighted by Crippen LogP contribution is 2.29. The maximum absolute atomic E-state index is 12.6. The van der Waals surface area contributed by atoms with E-state index in [1.165, 1.54) is 6.07 Å². The van der Waals surface area contributed by atoms with Gasteiger partial charge in [0.2, 0.25) is 0 Å². The highest BCUT2D eigenvalue weighted by Gasteiger charge is 2.22. The minimum atomic E-state index is -0.242. The normalized spacial score (nSPS) is 12.7. The Morgan fingerprint density at radius 2 is 2.08 bits per heavy atom. The predicted molar refractivity (Wildman–Crippen MR) is 94.9 cm³/mol. The molecule has 0 fully saturated rings. The van der Waals surface area contributed by atoms with E-state index in [0.717, 1.165) is 12.0 Å². The molecule has 2 rings (SSSR count). The zero-order valence-corrected chi connectivity index (χ0v) is 14.7. The Hall–Kier alpha value is -2.43. The van der Waals surface area contributed by atoms with Crippen molar-refractivity contribution in [2.45, 2.75) is 46.7 Å². The molecule has 0 aliphatic heterocycles. The van der Waals surface area contributed by atoms with Gasteiger partial charge in [0, 0.05) is 36.8 Å². The van der Waals surface area contributed by atoms with Crippen LogP contribution in [0.2, 0.25) is 0 Å². The molecule has 0 bridgehead atoms. The molecule has 1 amide bonds. The van der Waals surface area contributed by atoms with Crippen LogP contribution in [0.4, 0.5) is 0 Å². The summed E-state index contributed by atoms with van der Waals surface area (Å²) < 4.78 is 1.56. The van der Waals surface area contributed by atoms with Crippen LogP contribution in [0.15, 0.2) is 47.7 Å². The van der Waals surface area contributed by atoms with Crippen LogP contribution < -0.4 is 10.9 Å². The lowest BCUT2D eigenvalue weighted by molar-refractivity contribution is 0.0926. The van der Waals surface area contributed by atoms with Gasteiger partial charge in [0.25, 0.3) is 11.5 Å². The van der Waals surface area contributed by atoms with Crippen LogP contribution in [-0.2, 0) is 6.54 Å². The summed E-state index contributed by atoms with van der Waals surface area (Å²) >= 11 is 0. The summed E-state index contributed by atoms with van der Waals surface area (Å²) in [5.41, 5.74) is 1.22. The quantitative estimate of drug-likeness (QED) is 0.917. The van der Waals surface area contributed by atoms with Crippen LogP contribution in [0, 0.1) is 5.41 Å². The monoisotopic (exact) mass is 327 g/mol. The molecule has 2 aromatic heterocycles. The lowest BCUT2D eigenvalue weighted by atomic mass is 9.85. The highest BCUT2D eigenvalue weighted by atomic mass is 16.2. The number of carbonyl (C=O) groups excluding carboxylic acids is 1. The van der Waals surface area contributed by atoms with Gasteiger partial charge in [-0.15, -0.1) is 0 Å². The second-order valence-corrected chi connectivity index (χ2v) is 7.12. The summed E-state index contributed by atoms with van der Waals surface area (Å²) in [6.07, 6.45) is 5.91. The van der Waals surface area contributed by atoms with Crippen molar-refractivity contribution in [3.63, 3.8) is 0 Å². The number of aryl methyl sites for hydroxylation is 1. The first-order chi connectivity index (χ1) is 11.3. The topological polar surface area (TPSA) is 64.0 Å². The fourth-order valence-corrected chi connectivity index (χ4v) is 2.60. The molecule has 128 valence electrons. The molecule has 24 heavy (non-hydrogen) atoms. The smallest absolute Gasteiger partial charge is 0.252 e. The fraction of sp³-hybridized carbons (Fsp3) is 0.421. The van der Waals surface area contributed by atoms with Crippen LogP contribution in [-0.4, -0.2) is 15.5 Å². The standard InChI is InChI=1S/C19H25N3O2/c1-5-22-10-8-14(11-17(22)23)18(24)21-16(12-19(2,3)4)15-7-6-9-20-13-15/h6-11,13,16H,5,12H2,1-4H3,(H,21,24)/t16-/m0/s1. The number of nitrogens with zero attached hydrogens (tertiary/aromatic N) is 2. The van der Waals surface area contributed by atoms with Crippen molar-refractivity contribution in [2.75, 3.05) is 0 Å². The van der Waals surface area contributed by atoms with E-state index in [1.807, 2.05) is 19.1 Å². The molecule has 0 radical (unpaired) electrons. The van der Waals surface area contributed by atoms with Crippen molar-refractivity contribution in [3.05, 3.63) is 64.3 Å². The van der Waals surface area contributed by atoms with E-state index < -0.39 is 0 Å². The van der Waals surface area contributed by atoms with Gasteiger partial charge < -0.3 is 9.88 Å². The summed E-state index contributed by atoms with van der Waals surface area (Å²) in [7, 11) is 0. The molecule has 2 heterocycles. The number of amides is 1. The van der Waals surface area contributed by atoms with Crippen LogP contribution in [0.3, 0.4) is 0 Å². The summed E-state index contributed by atoms with van der Waals surface area (Å²) in [5.74, 6) is -0.242. The Morgan fingerprint density at radius 1 is 1.33 bits per heavy atom. The molecule has 2 aromatic rings. The average molecular weight is 327 g/mol. The molecule has 0 unspecified atom stereocenters. The number of carbonyl (C=O) groups is 1. The molecule has 0 saturated heterocycles. The van der Waals surface area contributed by atoms with Crippen LogP contribution >= 0.6 is 0 Å². The van der Waals surface area contributed by atoms with E-state index in [4.69, 9.17) is 0 Å². The van der Waals surface area contributed by atoms with Gasteiger partial charge in [0.1, 0.15) is 0 Å². The van der Waals surface area contributed by atoms with Crippen molar-refractivity contribution in [2.24, 2.45) is 5.41 Å². The molecule has 0 aromatic carbocycles. The zero-order chi connectivity index (χ0) is 17.7. The molecule has 1 N–H and O–H groups in total. The minimum Gasteiger partial charge on any atom is -0.345 e. The Balaban J connectivity index is 2.24. The van der Waals surface area contributed by atoms with E-state index in [9.17, 15) is 9.59 Å². The lowest BCUT2D eigenvalue weighted by Crippen LogP contribution is -2.32. The van der Waals surface area contributed by atoms with E-state index >= 15 is 0 Å². The van der Waals surface area contributed by atoms with E-state index in [1.54, 1.807) is 29.2 Å². The van der Waals surface area contributed by atoms with Crippen molar-refractivity contribution in [1.82, 2.24) is 14.9 Å². The lowest BCUT2D eigenvalue weighted by Gasteiger charge is -2.27. The molecular weight excluding hydrogens is 302 g/mol. The van der Waals surface area contributed by atoms with Gasteiger partial charge >= 0.3 is 0 Å². The van der Waals surface area contributed by atoms with Crippen LogP contribution in [0.1, 0.15) is 56.1 Å². The first kappa shape index (κ1) is 17.9. The predicted octanol–water partition coefficient (Wildman–Crippen LogP) is 3.17. The number of hydrogen-bond acceptors (Lipinski definition) is 3. The number of pyridine rings is 2. The van der Waals surface area contributed by atoms with Gasteiger partial charge in [-0.05, 0) is 36.5 Å². The van der Waals surface area contributed by atoms with Gasteiger partial charge in [0.15, 0.2) is 0 Å². The summed E-state index contributed by atoms with van der Waals surface area (Å²) in [4.78, 5) is 28.7. The van der Waals surface area contributed by atoms with Crippen molar-refractivity contribution >= 4 is 5.91 Å². The second kappa shape index (κ2) is 7.43. The Morgan fingerprint density at radius 3 is 2.62 bits per heavy atom. The summed E-state index contributed by atoms with van der Waals surface area (Å²) in [6.45, 7) is 8.87. The van der Waals surface area contributed by atoms with Gasteiger partial charge in [-0.25, -0.2) is 0 Å². The van der Waals surface area contributed by atoms with Gasteiger partial charge in [-0.3, -0.25) is 14.6 Å². The second-order valence-electron chi connectivity index (χ2n) is 7.12.